The Balaban J connectivity index is 2.85. The van der Waals surface area contributed by atoms with Crippen molar-refractivity contribution in [3.63, 3.8) is 0 Å². The van der Waals surface area contributed by atoms with Gasteiger partial charge in [-0.15, -0.1) is 0 Å². The monoisotopic (exact) mass is 161 g/mol. The molecule has 4 nitrogen and oxygen atoms in total. The molecule has 0 atom stereocenters. The quantitative estimate of drug-likeness (QED) is 0.323. The third-order valence-electron chi connectivity index (χ3n) is 1.44. The van der Waals surface area contributed by atoms with E-state index < -0.39 is 0 Å². The minimum absolute atomic E-state index is 0.104. The highest BCUT2D eigenvalue weighted by Gasteiger charge is 1.95. The lowest BCUT2D eigenvalue weighted by molar-refractivity contribution is -0.480. The fourth-order valence-corrected chi connectivity index (χ4v) is 0.841. The van der Waals surface area contributed by atoms with E-state index >= 15 is 0 Å². The van der Waals surface area contributed by atoms with Crippen molar-refractivity contribution in [1.29, 1.82) is 0 Å². The molecule has 0 unspecified atom stereocenters. The van der Waals surface area contributed by atoms with Crippen LogP contribution in [0.5, 0.6) is 0 Å². The van der Waals surface area contributed by atoms with Gasteiger partial charge in [-0.3, -0.25) is 10.1 Å². The molecule has 0 rings (SSSR count). The summed E-state index contributed by atoms with van der Waals surface area (Å²) in [4.78, 5) is 9.60. The topological polar surface area (TPSA) is 52.4 Å². The number of nitrogens with zero attached hydrogens (tertiary/aromatic N) is 1. The summed E-state index contributed by atoms with van der Waals surface area (Å²) in [5.74, 6) is 0. The SMILES string of the molecule is COCCCCCC[N+](=O)[O-]. The van der Waals surface area contributed by atoms with E-state index in [1.165, 1.54) is 0 Å². The van der Waals surface area contributed by atoms with E-state index in [1.54, 1.807) is 7.11 Å². The van der Waals surface area contributed by atoms with E-state index in [2.05, 4.69) is 0 Å². The molecule has 0 radical (unpaired) electrons. The van der Waals surface area contributed by atoms with Crippen molar-refractivity contribution in [2.45, 2.75) is 25.7 Å². The maximum absolute atomic E-state index is 9.87. The molecule has 0 aromatic carbocycles. The largest absolute Gasteiger partial charge is 0.385 e. The maximum atomic E-state index is 9.87. The van der Waals surface area contributed by atoms with Gasteiger partial charge in [0.25, 0.3) is 0 Å². The molecule has 0 aromatic rings. The number of hydrogen-bond donors (Lipinski definition) is 0. The third-order valence-corrected chi connectivity index (χ3v) is 1.44. The molecule has 0 amide bonds. The fourth-order valence-electron chi connectivity index (χ4n) is 0.841. The normalized spacial score (nSPS) is 9.91. The lowest BCUT2D eigenvalue weighted by Crippen LogP contribution is -2.00. The summed E-state index contributed by atoms with van der Waals surface area (Å²) in [6.45, 7) is 0.867. The Hall–Kier alpha value is -0.640. The van der Waals surface area contributed by atoms with Crippen LogP contribution in [0.4, 0.5) is 0 Å². The van der Waals surface area contributed by atoms with Gasteiger partial charge in [-0.05, 0) is 12.8 Å². The Morgan fingerprint density at radius 1 is 1.27 bits per heavy atom. The van der Waals surface area contributed by atoms with Gasteiger partial charge in [0.15, 0.2) is 0 Å². The van der Waals surface area contributed by atoms with Crippen molar-refractivity contribution in [1.82, 2.24) is 0 Å². The summed E-state index contributed by atoms with van der Waals surface area (Å²) >= 11 is 0. The van der Waals surface area contributed by atoms with Gasteiger partial charge in [0.1, 0.15) is 0 Å². The lowest BCUT2D eigenvalue weighted by Gasteiger charge is -1.96. The van der Waals surface area contributed by atoms with Gasteiger partial charge < -0.3 is 4.74 Å². The highest BCUT2D eigenvalue weighted by molar-refractivity contribution is 4.41. The highest BCUT2D eigenvalue weighted by atomic mass is 16.6. The van der Waals surface area contributed by atoms with Crippen molar-refractivity contribution < 1.29 is 9.66 Å². The predicted octanol–water partition coefficient (Wildman–Crippen LogP) is 1.47. The van der Waals surface area contributed by atoms with Gasteiger partial charge in [0.2, 0.25) is 6.54 Å². The van der Waals surface area contributed by atoms with Crippen LogP contribution in [0.2, 0.25) is 0 Å². The summed E-state index contributed by atoms with van der Waals surface area (Å²) < 4.78 is 4.84. The van der Waals surface area contributed by atoms with Crippen LogP contribution < -0.4 is 0 Å². The molecule has 0 fully saturated rings. The number of methoxy groups -OCH3 is 1. The summed E-state index contributed by atoms with van der Waals surface area (Å²) in [6.07, 6.45) is 3.66. The van der Waals surface area contributed by atoms with Crippen LogP contribution >= 0.6 is 0 Å². The summed E-state index contributed by atoms with van der Waals surface area (Å²) in [5, 5.41) is 9.87. The molecule has 66 valence electrons. The van der Waals surface area contributed by atoms with Crippen LogP contribution in [-0.4, -0.2) is 25.2 Å². The van der Waals surface area contributed by atoms with Crippen molar-refractivity contribution >= 4 is 0 Å². The Labute approximate surface area is 66.7 Å². The second kappa shape index (κ2) is 7.47. The van der Waals surface area contributed by atoms with Gasteiger partial charge in [-0.2, -0.15) is 0 Å². The lowest BCUT2D eigenvalue weighted by atomic mass is 10.2. The van der Waals surface area contributed by atoms with E-state index in [1.807, 2.05) is 0 Å². The molecule has 11 heavy (non-hydrogen) atoms. The summed E-state index contributed by atoms with van der Waals surface area (Å²) in [5.41, 5.74) is 0. The zero-order valence-corrected chi connectivity index (χ0v) is 6.91. The molecule has 0 heterocycles. The van der Waals surface area contributed by atoms with E-state index in [4.69, 9.17) is 4.74 Å². The van der Waals surface area contributed by atoms with Crippen LogP contribution in [0.1, 0.15) is 25.7 Å². The van der Waals surface area contributed by atoms with Gasteiger partial charge in [0, 0.05) is 25.1 Å². The van der Waals surface area contributed by atoms with Crippen molar-refractivity contribution in [2.24, 2.45) is 0 Å². The van der Waals surface area contributed by atoms with Gasteiger partial charge in [0.05, 0.1) is 0 Å². The molecule has 0 spiro atoms. The smallest absolute Gasteiger partial charge is 0.203 e. The molecule has 0 saturated heterocycles. The first-order valence-electron chi connectivity index (χ1n) is 3.88. The first kappa shape index (κ1) is 10.4. The second-order valence-electron chi connectivity index (χ2n) is 2.46. The average molecular weight is 161 g/mol. The van der Waals surface area contributed by atoms with Crippen LogP contribution in [0.15, 0.2) is 0 Å². The van der Waals surface area contributed by atoms with Crippen molar-refractivity contribution in [2.75, 3.05) is 20.3 Å². The van der Waals surface area contributed by atoms with E-state index in [9.17, 15) is 10.1 Å². The zero-order valence-electron chi connectivity index (χ0n) is 6.91. The summed E-state index contributed by atoms with van der Waals surface area (Å²) in [6, 6.07) is 0. The number of hydrogen-bond acceptors (Lipinski definition) is 3. The zero-order chi connectivity index (χ0) is 8.53. The minimum Gasteiger partial charge on any atom is -0.385 e. The second-order valence-corrected chi connectivity index (χ2v) is 2.46. The first-order valence-corrected chi connectivity index (χ1v) is 3.88. The number of rotatable bonds is 7. The average Bonchev–Trinajstić information content (AvgIpc) is 1.96. The number of ether oxygens (including phenoxy) is 1. The Morgan fingerprint density at radius 3 is 2.45 bits per heavy atom. The third kappa shape index (κ3) is 9.36. The first-order chi connectivity index (χ1) is 5.27. The Morgan fingerprint density at radius 2 is 1.91 bits per heavy atom. The molecular weight excluding hydrogens is 146 g/mol. The van der Waals surface area contributed by atoms with Gasteiger partial charge >= 0.3 is 0 Å². The molecule has 0 saturated carbocycles. The van der Waals surface area contributed by atoms with Crippen molar-refractivity contribution in [3.05, 3.63) is 10.1 Å². The fraction of sp³-hybridized carbons (Fsp3) is 1.00. The molecule has 0 aliphatic carbocycles. The summed E-state index contributed by atoms with van der Waals surface area (Å²) in [7, 11) is 1.66. The number of nitro groups is 1. The Bertz CT molecular complexity index is 106. The molecular formula is C7H15NO3. The van der Waals surface area contributed by atoms with Crippen LogP contribution in [0, 0.1) is 10.1 Å². The molecule has 0 aliphatic rings. The minimum atomic E-state index is -0.268. The van der Waals surface area contributed by atoms with Gasteiger partial charge in [-0.25, -0.2) is 0 Å². The number of unbranched alkanes of at least 4 members (excludes halogenated alkanes) is 3. The van der Waals surface area contributed by atoms with E-state index in [0.717, 1.165) is 25.9 Å². The molecule has 4 heteroatoms. The van der Waals surface area contributed by atoms with Crippen LogP contribution in [0.25, 0.3) is 0 Å². The van der Waals surface area contributed by atoms with E-state index in [-0.39, 0.29) is 11.5 Å². The molecule has 0 bridgehead atoms. The van der Waals surface area contributed by atoms with Gasteiger partial charge in [-0.1, -0.05) is 6.42 Å². The highest BCUT2D eigenvalue weighted by Crippen LogP contribution is 1.99. The van der Waals surface area contributed by atoms with Crippen LogP contribution in [0.3, 0.4) is 0 Å². The molecule has 0 N–H and O–H groups in total. The predicted molar refractivity (Wildman–Crippen MR) is 42.2 cm³/mol. The standard InChI is InChI=1S/C7H15NO3/c1-11-7-5-3-2-4-6-8(9)10/h2-7H2,1H3. The van der Waals surface area contributed by atoms with Crippen LogP contribution in [-0.2, 0) is 4.74 Å². The van der Waals surface area contributed by atoms with E-state index in [0.29, 0.717) is 6.42 Å². The van der Waals surface area contributed by atoms with Crippen molar-refractivity contribution in [3.8, 4) is 0 Å². The Kier molecular flexibility index (Phi) is 7.03. The molecule has 0 aromatic heterocycles. The maximum Gasteiger partial charge on any atom is 0.203 e. The molecule has 0 aliphatic heterocycles.